The van der Waals surface area contributed by atoms with Crippen molar-refractivity contribution in [2.75, 3.05) is 26.2 Å². The summed E-state index contributed by atoms with van der Waals surface area (Å²) in [5.74, 6) is 5.27. The van der Waals surface area contributed by atoms with Crippen molar-refractivity contribution in [3.05, 3.63) is 0 Å². The lowest BCUT2D eigenvalue weighted by molar-refractivity contribution is -0.167. The van der Waals surface area contributed by atoms with Crippen LogP contribution in [0.5, 0.6) is 0 Å². The highest BCUT2D eigenvalue weighted by Gasteiger charge is 2.62. The van der Waals surface area contributed by atoms with Gasteiger partial charge in [0.05, 0.1) is 6.10 Å². The topological polar surface area (TPSA) is 70.3 Å². The molecule has 222 valence electrons. The number of hydrogen-bond acceptors (Lipinski definition) is 4. The molecule has 4 fully saturated rings. The molecule has 0 aromatic carbocycles. The Hall–Kier alpha value is -0.160. The van der Waals surface area contributed by atoms with Crippen molar-refractivity contribution in [3.8, 4) is 0 Å². The van der Waals surface area contributed by atoms with Crippen molar-refractivity contribution in [3.63, 3.8) is 0 Å². The van der Waals surface area contributed by atoms with Gasteiger partial charge in [-0.25, -0.2) is 0 Å². The van der Waals surface area contributed by atoms with Crippen LogP contribution >= 0.6 is 0 Å². The first kappa shape index (κ1) is 30.8. The third-order valence-electron chi connectivity index (χ3n) is 12.7. The van der Waals surface area contributed by atoms with Crippen molar-refractivity contribution in [2.45, 2.75) is 137 Å². The van der Waals surface area contributed by atoms with Gasteiger partial charge in [0.1, 0.15) is 0 Å². The Labute approximate surface area is 236 Å². The number of hydrogen-bond donors (Lipinski definition) is 4. The number of fused-ring (bicyclic) bond motifs is 5. The van der Waals surface area contributed by atoms with Crippen molar-refractivity contribution < 1.29 is 5.11 Å². The van der Waals surface area contributed by atoms with E-state index < -0.39 is 0 Å². The molecule has 0 spiro atoms. The van der Waals surface area contributed by atoms with E-state index >= 15 is 0 Å². The van der Waals surface area contributed by atoms with Crippen LogP contribution in [0.25, 0.3) is 0 Å². The molecule has 0 aliphatic heterocycles. The van der Waals surface area contributed by atoms with Gasteiger partial charge >= 0.3 is 0 Å². The fourth-order valence-electron chi connectivity index (χ4n) is 10.5. The highest BCUT2D eigenvalue weighted by Crippen LogP contribution is 2.68. The van der Waals surface area contributed by atoms with Gasteiger partial charge in [-0.3, -0.25) is 0 Å². The third kappa shape index (κ3) is 6.66. The summed E-state index contributed by atoms with van der Waals surface area (Å²) in [6.45, 7) is 16.7. The monoisotopic (exact) mass is 532 g/mol. The molecule has 0 aromatic rings. The van der Waals surface area contributed by atoms with Crippen LogP contribution in [0.3, 0.4) is 0 Å². The summed E-state index contributed by atoms with van der Waals surface area (Å²) in [7, 11) is 0. The van der Waals surface area contributed by atoms with E-state index in [0.29, 0.717) is 28.7 Å². The van der Waals surface area contributed by atoms with E-state index in [0.717, 1.165) is 68.6 Å². The molecular formula is C34H65N3O. The maximum atomic E-state index is 11.7. The molecule has 4 aliphatic rings. The maximum Gasteiger partial charge on any atom is 0.0577 e. The molecule has 5 N–H and O–H groups in total. The predicted octanol–water partition coefficient (Wildman–Crippen LogP) is 6.76. The van der Waals surface area contributed by atoms with Gasteiger partial charge in [-0.2, -0.15) is 0 Å². The molecular weight excluding hydrogens is 466 g/mol. The first-order chi connectivity index (χ1) is 18.2. The van der Waals surface area contributed by atoms with Gasteiger partial charge in [0.2, 0.25) is 0 Å². The molecule has 5 unspecified atom stereocenters. The van der Waals surface area contributed by atoms with E-state index in [2.05, 4.69) is 45.3 Å². The quantitative estimate of drug-likeness (QED) is 0.187. The minimum Gasteiger partial charge on any atom is -0.393 e. The summed E-state index contributed by atoms with van der Waals surface area (Å²) in [6.07, 6.45) is 18.2. The second-order valence-corrected chi connectivity index (χ2v) is 15.4. The van der Waals surface area contributed by atoms with E-state index in [9.17, 15) is 5.11 Å². The van der Waals surface area contributed by atoms with Crippen molar-refractivity contribution >= 4 is 0 Å². The fraction of sp³-hybridized carbons (Fsp3) is 1.00. The molecule has 0 amide bonds. The van der Waals surface area contributed by atoms with E-state index in [-0.39, 0.29) is 6.10 Å². The maximum absolute atomic E-state index is 11.7. The standard InChI is InChI=1S/C34H65N3O/c1-24(2)10-8-11-25(3)28-12-13-29-32-30(15-17-34(28,29)5)33(4)16-14-27(22-26(33)23-31(32)38)37-21-9-20-36-19-7-6-18-35/h24-32,36-38H,6-23,35H2,1-5H3/t25?,26-,27+,28-,29?,30?,31?,32?,33+,34-/m1/s1. The van der Waals surface area contributed by atoms with Gasteiger partial charge in [0.25, 0.3) is 0 Å². The van der Waals surface area contributed by atoms with Gasteiger partial charge in [-0.15, -0.1) is 0 Å². The number of nitrogens with two attached hydrogens (primary N) is 1. The number of nitrogens with one attached hydrogen (secondary N) is 2. The molecule has 10 atom stereocenters. The highest BCUT2D eigenvalue weighted by molar-refractivity contribution is 5.12. The Balaban J connectivity index is 1.30. The van der Waals surface area contributed by atoms with Gasteiger partial charge in [-0.1, -0.05) is 53.9 Å². The van der Waals surface area contributed by atoms with Crippen molar-refractivity contribution in [2.24, 2.45) is 58.0 Å². The summed E-state index contributed by atoms with van der Waals surface area (Å²) < 4.78 is 0. The zero-order valence-electron chi connectivity index (χ0n) is 25.9. The molecule has 0 heterocycles. The lowest BCUT2D eigenvalue weighted by atomic mass is 9.43. The zero-order valence-corrected chi connectivity index (χ0v) is 25.9. The van der Waals surface area contributed by atoms with Crippen molar-refractivity contribution in [1.29, 1.82) is 0 Å². The number of aliphatic hydroxyl groups excluding tert-OH is 1. The van der Waals surface area contributed by atoms with E-state index in [4.69, 9.17) is 5.73 Å². The van der Waals surface area contributed by atoms with E-state index in [1.54, 1.807) is 0 Å². The second kappa shape index (κ2) is 13.7. The van der Waals surface area contributed by atoms with Crippen molar-refractivity contribution in [1.82, 2.24) is 10.6 Å². The molecule has 38 heavy (non-hydrogen) atoms. The van der Waals surface area contributed by atoms with Crippen LogP contribution in [-0.4, -0.2) is 43.4 Å². The average Bonchev–Trinajstić information content (AvgIpc) is 3.23. The Morgan fingerprint density at radius 3 is 2.32 bits per heavy atom. The zero-order chi connectivity index (χ0) is 27.3. The summed E-state index contributed by atoms with van der Waals surface area (Å²) >= 11 is 0. The molecule has 0 saturated heterocycles. The number of aliphatic hydroxyl groups is 1. The minimum absolute atomic E-state index is 0.0748. The lowest BCUT2D eigenvalue weighted by Gasteiger charge is -2.62. The summed E-state index contributed by atoms with van der Waals surface area (Å²) in [5.41, 5.74) is 6.48. The predicted molar refractivity (Wildman–Crippen MR) is 162 cm³/mol. The van der Waals surface area contributed by atoms with Crippen LogP contribution < -0.4 is 16.4 Å². The van der Waals surface area contributed by atoms with Gasteiger partial charge in [-0.05, 0) is 149 Å². The molecule has 4 heteroatoms. The molecule has 0 bridgehead atoms. The summed E-state index contributed by atoms with van der Waals surface area (Å²) in [5, 5.41) is 19.2. The number of rotatable bonds is 14. The van der Waals surface area contributed by atoms with E-state index in [1.165, 1.54) is 77.0 Å². The smallest absolute Gasteiger partial charge is 0.0577 e. The summed E-state index contributed by atoms with van der Waals surface area (Å²) in [6, 6.07) is 0.644. The average molecular weight is 532 g/mol. The Morgan fingerprint density at radius 1 is 0.816 bits per heavy atom. The second-order valence-electron chi connectivity index (χ2n) is 15.4. The van der Waals surface area contributed by atoms with Crippen LogP contribution in [0.4, 0.5) is 0 Å². The largest absolute Gasteiger partial charge is 0.393 e. The Bertz CT molecular complexity index is 714. The summed E-state index contributed by atoms with van der Waals surface area (Å²) in [4.78, 5) is 0. The molecule has 4 aliphatic carbocycles. The van der Waals surface area contributed by atoms with Crippen LogP contribution in [0.2, 0.25) is 0 Å². The molecule has 0 radical (unpaired) electrons. The van der Waals surface area contributed by atoms with Gasteiger partial charge in [0.15, 0.2) is 0 Å². The first-order valence-corrected chi connectivity index (χ1v) is 17.0. The Morgan fingerprint density at radius 2 is 1.55 bits per heavy atom. The van der Waals surface area contributed by atoms with Gasteiger partial charge < -0.3 is 21.5 Å². The highest BCUT2D eigenvalue weighted by atomic mass is 16.3. The van der Waals surface area contributed by atoms with Gasteiger partial charge in [0, 0.05) is 6.04 Å². The van der Waals surface area contributed by atoms with Crippen LogP contribution in [0.1, 0.15) is 125 Å². The van der Waals surface area contributed by atoms with E-state index in [1.807, 2.05) is 0 Å². The molecule has 4 rings (SSSR count). The molecule has 4 saturated carbocycles. The van der Waals surface area contributed by atoms with Crippen LogP contribution in [0.15, 0.2) is 0 Å². The molecule has 0 aromatic heterocycles. The number of unbranched alkanes of at least 4 members (excludes halogenated alkanes) is 1. The van der Waals surface area contributed by atoms with Crippen LogP contribution in [-0.2, 0) is 0 Å². The normalized spacial score (nSPS) is 41.5. The minimum atomic E-state index is -0.0748. The molecule has 4 nitrogen and oxygen atoms in total. The SMILES string of the molecule is CC(C)CCCC(C)[C@H]1CCC2C3C(O)C[C@H]4C[C@@H](NCCCNCCCCN)CC[C@]4(C)C3CC[C@@]21C. The Kier molecular flexibility index (Phi) is 11.1. The van der Waals surface area contributed by atoms with Crippen LogP contribution in [0, 0.1) is 52.3 Å². The third-order valence-corrected chi connectivity index (χ3v) is 12.7. The fourth-order valence-corrected chi connectivity index (χ4v) is 10.5. The lowest BCUT2D eigenvalue weighted by Crippen LogP contribution is -2.59. The first-order valence-electron chi connectivity index (χ1n) is 17.0.